The molecule has 0 amide bonds. The number of halogens is 1. The second-order valence-corrected chi connectivity index (χ2v) is 4.96. The lowest BCUT2D eigenvalue weighted by Crippen LogP contribution is -2.26. The molecule has 1 aromatic heterocycles. The van der Waals surface area contributed by atoms with Crippen molar-refractivity contribution in [2.45, 2.75) is 25.3 Å². The number of nitrogens with zero attached hydrogens (tertiary/aromatic N) is 1. The number of piperidine rings is 1. The molecule has 2 aromatic rings. The zero-order chi connectivity index (χ0) is 12.4. The van der Waals surface area contributed by atoms with Gasteiger partial charge in [0.1, 0.15) is 5.76 Å². The number of rotatable bonds is 2. The van der Waals surface area contributed by atoms with Gasteiger partial charge in [0, 0.05) is 0 Å². The SMILES string of the molecule is Clc1ccccc1-c1ncc(C2CCCCN2)o1. The summed E-state index contributed by atoms with van der Waals surface area (Å²) in [5, 5.41) is 4.12. The van der Waals surface area contributed by atoms with E-state index in [0.29, 0.717) is 17.0 Å². The second-order valence-electron chi connectivity index (χ2n) is 4.55. The van der Waals surface area contributed by atoms with E-state index in [1.807, 2.05) is 30.5 Å². The van der Waals surface area contributed by atoms with Crippen molar-refractivity contribution in [3.8, 4) is 11.5 Å². The van der Waals surface area contributed by atoms with E-state index in [9.17, 15) is 0 Å². The van der Waals surface area contributed by atoms with Crippen LogP contribution >= 0.6 is 11.6 Å². The maximum Gasteiger partial charge on any atom is 0.227 e. The Balaban J connectivity index is 1.87. The van der Waals surface area contributed by atoms with Crippen molar-refractivity contribution in [1.29, 1.82) is 0 Å². The smallest absolute Gasteiger partial charge is 0.227 e. The van der Waals surface area contributed by atoms with Crippen LogP contribution < -0.4 is 5.32 Å². The topological polar surface area (TPSA) is 38.1 Å². The third-order valence-electron chi connectivity index (χ3n) is 3.28. The van der Waals surface area contributed by atoms with Crippen LogP contribution in [0.3, 0.4) is 0 Å². The van der Waals surface area contributed by atoms with Gasteiger partial charge in [0.05, 0.1) is 22.8 Å². The molecule has 94 valence electrons. The van der Waals surface area contributed by atoms with Gasteiger partial charge in [0.15, 0.2) is 0 Å². The molecule has 1 aliphatic rings. The number of aromatic nitrogens is 1. The minimum atomic E-state index is 0.294. The molecule has 0 radical (unpaired) electrons. The molecule has 1 unspecified atom stereocenters. The van der Waals surface area contributed by atoms with E-state index >= 15 is 0 Å². The highest BCUT2D eigenvalue weighted by Crippen LogP contribution is 2.30. The van der Waals surface area contributed by atoms with Crippen molar-refractivity contribution in [2.24, 2.45) is 0 Å². The fourth-order valence-corrected chi connectivity index (χ4v) is 2.52. The van der Waals surface area contributed by atoms with Crippen LogP contribution in [0.2, 0.25) is 5.02 Å². The predicted molar refractivity (Wildman–Crippen MR) is 71.5 cm³/mol. The Morgan fingerprint density at radius 1 is 1.28 bits per heavy atom. The standard InChI is InChI=1S/C14H15ClN2O/c15-11-6-2-1-5-10(11)14-17-9-13(18-14)12-7-3-4-8-16-12/h1-2,5-6,9,12,16H,3-4,7-8H2. The van der Waals surface area contributed by atoms with Crippen LogP contribution in [0.25, 0.3) is 11.5 Å². The first-order valence-corrected chi connectivity index (χ1v) is 6.66. The molecule has 1 N–H and O–H groups in total. The van der Waals surface area contributed by atoms with Crippen molar-refractivity contribution < 1.29 is 4.42 Å². The zero-order valence-electron chi connectivity index (χ0n) is 10.0. The van der Waals surface area contributed by atoms with Gasteiger partial charge in [-0.15, -0.1) is 0 Å². The Hall–Kier alpha value is -1.32. The summed E-state index contributed by atoms with van der Waals surface area (Å²) in [6, 6.07) is 7.90. The van der Waals surface area contributed by atoms with Gasteiger partial charge in [-0.25, -0.2) is 4.98 Å². The molecule has 0 bridgehead atoms. The predicted octanol–water partition coefficient (Wildman–Crippen LogP) is 3.81. The Labute approximate surface area is 111 Å². The van der Waals surface area contributed by atoms with Crippen molar-refractivity contribution >= 4 is 11.6 Å². The van der Waals surface area contributed by atoms with Crippen LogP contribution in [0.1, 0.15) is 31.1 Å². The number of nitrogens with one attached hydrogen (secondary N) is 1. The van der Waals surface area contributed by atoms with Gasteiger partial charge in [-0.05, 0) is 31.5 Å². The number of oxazole rings is 1. The Morgan fingerprint density at radius 2 is 2.17 bits per heavy atom. The molecule has 3 nitrogen and oxygen atoms in total. The largest absolute Gasteiger partial charge is 0.439 e. The van der Waals surface area contributed by atoms with Crippen LogP contribution in [0.5, 0.6) is 0 Å². The lowest BCUT2D eigenvalue weighted by atomic mass is 10.0. The van der Waals surface area contributed by atoms with E-state index < -0.39 is 0 Å². The molecule has 1 aromatic carbocycles. The lowest BCUT2D eigenvalue weighted by Gasteiger charge is -2.20. The summed E-state index contributed by atoms with van der Waals surface area (Å²) in [5.41, 5.74) is 0.848. The van der Waals surface area contributed by atoms with Crippen molar-refractivity contribution in [1.82, 2.24) is 10.3 Å². The van der Waals surface area contributed by atoms with E-state index in [1.54, 1.807) is 0 Å². The maximum absolute atomic E-state index is 6.14. The highest BCUT2D eigenvalue weighted by molar-refractivity contribution is 6.33. The fraction of sp³-hybridized carbons (Fsp3) is 0.357. The minimum Gasteiger partial charge on any atom is -0.439 e. The highest BCUT2D eigenvalue weighted by atomic mass is 35.5. The average molecular weight is 263 g/mol. The molecule has 1 aliphatic heterocycles. The van der Waals surface area contributed by atoms with Crippen LogP contribution in [-0.4, -0.2) is 11.5 Å². The summed E-state index contributed by atoms with van der Waals surface area (Å²) < 4.78 is 5.83. The van der Waals surface area contributed by atoms with Gasteiger partial charge in [-0.1, -0.05) is 30.2 Å². The summed E-state index contributed by atoms with van der Waals surface area (Å²) in [6.45, 7) is 1.05. The Morgan fingerprint density at radius 3 is 2.94 bits per heavy atom. The molecule has 4 heteroatoms. The molecule has 18 heavy (non-hydrogen) atoms. The highest BCUT2D eigenvalue weighted by Gasteiger charge is 2.19. The first kappa shape index (κ1) is 11.8. The van der Waals surface area contributed by atoms with Crippen molar-refractivity contribution in [2.75, 3.05) is 6.54 Å². The maximum atomic E-state index is 6.14. The van der Waals surface area contributed by atoms with Crippen LogP contribution in [0.15, 0.2) is 34.9 Å². The molecule has 1 atom stereocenters. The fourth-order valence-electron chi connectivity index (χ4n) is 2.30. The average Bonchev–Trinajstić information content (AvgIpc) is 2.90. The molecular formula is C14H15ClN2O. The van der Waals surface area contributed by atoms with Crippen molar-refractivity contribution in [3.63, 3.8) is 0 Å². The van der Waals surface area contributed by atoms with Gasteiger partial charge in [-0.2, -0.15) is 0 Å². The number of benzene rings is 1. The summed E-state index contributed by atoms with van der Waals surface area (Å²) >= 11 is 6.14. The van der Waals surface area contributed by atoms with E-state index in [4.69, 9.17) is 16.0 Å². The normalized spacial score (nSPS) is 19.9. The van der Waals surface area contributed by atoms with E-state index in [0.717, 1.165) is 24.3 Å². The van der Waals surface area contributed by atoms with Gasteiger partial charge >= 0.3 is 0 Å². The molecule has 1 saturated heterocycles. The first-order valence-electron chi connectivity index (χ1n) is 6.28. The molecule has 1 fully saturated rings. The monoisotopic (exact) mass is 262 g/mol. The van der Waals surface area contributed by atoms with Gasteiger partial charge in [0.25, 0.3) is 0 Å². The molecule has 0 saturated carbocycles. The summed E-state index contributed by atoms with van der Waals surface area (Å²) in [5.74, 6) is 1.51. The second kappa shape index (κ2) is 5.12. The quantitative estimate of drug-likeness (QED) is 0.894. The lowest BCUT2D eigenvalue weighted by molar-refractivity contribution is 0.352. The zero-order valence-corrected chi connectivity index (χ0v) is 10.8. The number of hydrogen-bond acceptors (Lipinski definition) is 3. The molecule has 0 spiro atoms. The van der Waals surface area contributed by atoms with Crippen LogP contribution in [0, 0.1) is 0 Å². The van der Waals surface area contributed by atoms with Gasteiger partial charge in [-0.3, -0.25) is 0 Å². The summed E-state index contributed by atoms with van der Waals surface area (Å²) in [7, 11) is 0. The summed E-state index contributed by atoms with van der Waals surface area (Å²) in [4.78, 5) is 4.33. The Bertz CT molecular complexity index is 532. The van der Waals surface area contributed by atoms with Gasteiger partial charge in [0.2, 0.25) is 5.89 Å². The molecule has 2 heterocycles. The molecule has 3 rings (SSSR count). The molecule has 0 aliphatic carbocycles. The van der Waals surface area contributed by atoms with E-state index in [2.05, 4.69) is 10.3 Å². The van der Waals surface area contributed by atoms with Crippen molar-refractivity contribution in [3.05, 3.63) is 41.2 Å². The third-order valence-corrected chi connectivity index (χ3v) is 3.61. The minimum absolute atomic E-state index is 0.294. The summed E-state index contributed by atoms with van der Waals surface area (Å²) in [6.07, 6.45) is 5.39. The van der Waals surface area contributed by atoms with Crippen LogP contribution in [-0.2, 0) is 0 Å². The first-order chi connectivity index (χ1) is 8.84. The van der Waals surface area contributed by atoms with Gasteiger partial charge < -0.3 is 9.73 Å². The molecular weight excluding hydrogens is 248 g/mol. The van der Waals surface area contributed by atoms with E-state index in [1.165, 1.54) is 12.8 Å². The van der Waals surface area contributed by atoms with E-state index in [-0.39, 0.29) is 0 Å². The number of hydrogen-bond donors (Lipinski definition) is 1. The van der Waals surface area contributed by atoms with Crippen LogP contribution in [0.4, 0.5) is 0 Å². The third kappa shape index (κ3) is 2.28. The Kier molecular flexibility index (Phi) is 3.35.